The van der Waals surface area contributed by atoms with Crippen LogP contribution in [-0.2, 0) is 4.79 Å². The zero-order valence-corrected chi connectivity index (χ0v) is 6.61. The van der Waals surface area contributed by atoms with Crippen molar-refractivity contribution in [2.75, 3.05) is 0 Å². The highest BCUT2D eigenvalue weighted by molar-refractivity contribution is 5.73. The summed E-state index contributed by atoms with van der Waals surface area (Å²) in [4.78, 5) is 9.98. The van der Waals surface area contributed by atoms with E-state index in [-0.39, 0.29) is 5.91 Å². The van der Waals surface area contributed by atoms with Crippen LogP contribution in [-0.4, -0.2) is 5.91 Å². The largest absolute Gasteiger partial charge is 0.370 e. The van der Waals surface area contributed by atoms with Crippen LogP contribution in [0.5, 0.6) is 0 Å². The van der Waals surface area contributed by atoms with Gasteiger partial charge >= 0.3 is 0 Å². The summed E-state index contributed by atoms with van der Waals surface area (Å²) < 4.78 is 0. The van der Waals surface area contributed by atoms with E-state index in [1.54, 1.807) is 0 Å². The summed E-state index contributed by atoms with van der Waals surface area (Å²) in [5.41, 5.74) is 4.84. The second-order valence-electron chi connectivity index (χ2n) is 1.57. The van der Waals surface area contributed by atoms with Crippen molar-refractivity contribution in [3.05, 3.63) is 0 Å². The third-order valence-corrected chi connectivity index (χ3v) is 0.777. The Bertz CT molecular complexity index is 61.9. The van der Waals surface area contributed by atoms with Crippen LogP contribution in [0.25, 0.3) is 0 Å². The van der Waals surface area contributed by atoms with Crippen molar-refractivity contribution in [1.82, 2.24) is 0 Å². The van der Waals surface area contributed by atoms with E-state index < -0.39 is 0 Å². The first-order valence-electron chi connectivity index (χ1n) is 3.55. The van der Waals surface area contributed by atoms with Crippen molar-refractivity contribution >= 4 is 5.91 Å². The summed E-state index contributed by atoms with van der Waals surface area (Å²) in [6.07, 6.45) is 2.51. The highest BCUT2D eigenvalue weighted by atomic mass is 16.1. The quantitative estimate of drug-likeness (QED) is 0.622. The fourth-order valence-electron chi connectivity index (χ4n) is 0.351. The third-order valence-electron chi connectivity index (χ3n) is 0.777. The Hall–Kier alpha value is -0.530. The molecule has 2 nitrogen and oxygen atoms in total. The summed E-state index contributed by atoms with van der Waals surface area (Å²) in [7, 11) is 0. The average Bonchev–Trinajstić information content (AvgIpc) is 1.88. The van der Waals surface area contributed by atoms with Crippen LogP contribution in [0.3, 0.4) is 0 Å². The Morgan fingerprint density at radius 3 is 2.00 bits per heavy atom. The molecule has 0 radical (unpaired) electrons. The van der Waals surface area contributed by atoms with Gasteiger partial charge < -0.3 is 5.73 Å². The number of hydrogen-bond acceptors (Lipinski definition) is 1. The predicted octanol–water partition coefficient (Wildman–Crippen LogP) is 1.69. The van der Waals surface area contributed by atoms with Gasteiger partial charge in [0.1, 0.15) is 0 Å². The highest BCUT2D eigenvalue weighted by Gasteiger charge is 1.88. The second kappa shape index (κ2) is 10.5. The van der Waals surface area contributed by atoms with Gasteiger partial charge in [-0.3, -0.25) is 4.79 Å². The lowest BCUT2D eigenvalue weighted by molar-refractivity contribution is -0.118. The number of carbonyl (C=O) groups excluding carboxylic acids is 1. The van der Waals surface area contributed by atoms with E-state index in [0.29, 0.717) is 6.42 Å². The van der Waals surface area contributed by atoms with Gasteiger partial charge in [-0.2, -0.15) is 0 Å². The number of carbonyl (C=O) groups is 1. The van der Waals surface area contributed by atoms with Crippen molar-refractivity contribution in [2.45, 2.75) is 40.0 Å². The van der Waals surface area contributed by atoms with Crippen LogP contribution in [0.2, 0.25) is 0 Å². The van der Waals surface area contributed by atoms with Crippen LogP contribution in [0, 0.1) is 0 Å². The van der Waals surface area contributed by atoms with Crippen LogP contribution >= 0.6 is 0 Å². The number of hydrogen-bond donors (Lipinski definition) is 1. The monoisotopic (exact) mass is 131 g/mol. The van der Waals surface area contributed by atoms with Gasteiger partial charge in [-0.1, -0.05) is 27.2 Å². The first kappa shape index (κ1) is 11.3. The summed E-state index contributed by atoms with van der Waals surface area (Å²) in [6, 6.07) is 0. The van der Waals surface area contributed by atoms with E-state index in [0.717, 1.165) is 12.8 Å². The molecule has 0 saturated heterocycles. The molecule has 0 aliphatic rings. The Labute approximate surface area is 57.4 Å². The molecule has 0 aliphatic heterocycles. The molecule has 0 aromatic rings. The number of rotatable bonds is 3. The van der Waals surface area contributed by atoms with E-state index >= 15 is 0 Å². The molecule has 0 aromatic heterocycles. The van der Waals surface area contributed by atoms with E-state index in [9.17, 15) is 4.79 Å². The standard InChI is InChI=1S/C5H11NO.C2H6/c1-2-3-4-5(6)7;1-2/h2-4H2,1H3,(H2,6,7);1-2H3. The molecule has 0 saturated carbocycles. The molecule has 0 spiro atoms. The van der Waals surface area contributed by atoms with Gasteiger partial charge in [0, 0.05) is 6.42 Å². The van der Waals surface area contributed by atoms with Crippen LogP contribution in [0.15, 0.2) is 0 Å². The maximum atomic E-state index is 9.98. The summed E-state index contributed by atoms with van der Waals surface area (Å²) in [5, 5.41) is 0. The molecule has 0 fully saturated rings. The molecule has 0 rings (SSSR count). The molecule has 0 unspecified atom stereocenters. The van der Waals surface area contributed by atoms with Crippen LogP contribution < -0.4 is 5.73 Å². The van der Waals surface area contributed by atoms with Crippen molar-refractivity contribution in [2.24, 2.45) is 5.73 Å². The minimum absolute atomic E-state index is 0.193. The van der Waals surface area contributed by atoms with Crippen molar-refractivity contribution in [3.63, 3.8) is 0 Å². The van der Waals surface area contributed by atoms with Crippen molar-refractivity contribution < 1.29 is 4.79 Å². The summed E-state index contributed by atoms with van der Waals surface area (Å²) >= 11 is 0. The van der Waals surface area contributed by atoms with Crippen LogP contribution in [0.4, 0.5) is 0 Å². The number of primary amides is 1. The molecular formula is C7H17NO. The minimum Gasteiger partial charge on any atom is -0.370 e. The van der Waals surface area contributed by atoms with E-state index in [1.165, 1.54) is 0 Å². The van der Waals surface area contributed by atoms with Gasteiger partial charge in [0.15, 0.2) is 0 Å². The van der Waals surface area contributed by atoms with Crippen molar-refractivity contribution in [3.8, 4) is 0 Å². The first-order chi connectivity index (χ1) is 4.27. The summed E-state index contributed by atoms with van der Waals surface area (Å²) in [5.74, 6) is -0.193. The second-order valence-corrected chi connectivity index (χ2v) is 1.57. The zero-order chi connectivity index (χ0) is 7.70. The fourth-order valence-corrected chi connectivity index (χ4v) is 0.351. The van der Waals surface area contributed by atoms with Gasteiger partial charge in [0.05, 0.1) is 0 Å². The first-order valence-corrected chi connectivity index (χ1v) is 3.55. The molecule has 1 amide bonds. The Morgan fingerprint density at radius 1 is 1.44 bits per heavy atom. The predicted molar refractivity (Wildman–Crippen MR) is 40.1 cm³/mol. The molecule has 0 atom stereocenters. The highest BCUT2D eigenvalue weighted by Crippen LogP contribution is 1.89. The molecule has 2 heteroatoms. The minimum atomic E-state index is -0.193. The maximum Gasteiger partial charge on any atom is 0.217 e. The zero-order valence-electron chi connectivity index (χ0n) is 6.61. The molecule has 0 aromatic carbocycles. The Morgan fingerprint density at radius 2 is 1.89 bits per heavy atom. The summed E-state index contributed by atoms with van der Waals surface area (Å²) in [6.45, 7) is 6.03. The van der Waals surface area contributed by atoms with E-state index in [1.807, 2.05) is 20.8 Å². The number of nitrogens with two attached hydrogens (primary N) is 1. The van der Waals surface area contributed by atoms with Crippen LogP contribution in [0.1, 0.15) is 40.0 Å². The lowest BCUT2D eigenvalue weighted by atomic mass is 10.2. The van der Waals surface area contributed by atoms with Gasteiger partial charge in [0.2, 0.25) is 5.91 Å². The third kappa shape index (κ3) is 18.6. The molecule has 0 bridgehead atoms. The van der Waals surface area contributed by atoms with Crippen molar-refractivity contribution in [1.29, 1.82) is 0 Å². The number of unbranched alkanes of at least 4 members (excludes halogenated alkanes) is 1. The Kier molecular flexibility index (Phi) is 13.1. The lowest BCUT2D eigenvalue weighted by Gasteiger charge is -1.86. The van der Waals surface area contributed by atoms with Gasteiger partial charge in [0.25, 0.3) is 0 Å². The van der Waals surface area contributed by atoms with Gasteiger partial charge in [-0.15, -0.1) is 0 Å². The topological polar surface area (TPSA) is 43.1 Å². The molecule has 9 heavy (non-hydrogen) atoms. The Balaban J connectivity index is 0. The SMILES string of the molecule is CC.CCCCC(N)=O. The molecule has 2 N–H and O–H groups in total. The molecular weight excluding hydrogens is 114 g/mol. The molecule has 0 heterocycles. The molecule has 56 valence electrons. The average molecular weight is 131 g/mol. The maximum absolute atomic E-state index is 9.98. The van der Waals surface area contributed by atoms with E-state index in [4.69, 9.17) is 5.73 Å². The normalized spacial score (nSPS) is 7.44. The van der Waals surface area contributed by atoms with Gasteiger partial charge in [-0.05, 0) is 6.42 Å². The fraction of sp³-hybridized carbons (Fsp3) is 0.857. The number of amides is 1. The van der Waals surface area contributed by atoms with E-state index in [2.05, 4.69) is 0 Å². The smallest absolute Gasteiger partial charge is 0.217 e. The van der Waals surface area contributed by atoms with Gasteiger partial charge in [-0.25, -0.2) is 0 Å². The lowest BCUT2D eigenvalue weighted by Crippen LogP contribution is -2.09. The molecule has 0 aliphatic carbocycles.